The van der Waals surface area contributed by atoms with E-state index in [2.05, 4.69) is 5.32 Å². The van der Waals surface area contributed by atoms with Crippen molar-refractivity contribution in [3.63, 3.8) is 0 Å². The van der Waals surface area contributed by atoms with Gasteiger partial charge in [0.2, 0.25) is 11.8 Å². The Morgan fingerprint density at radius 2 is 1.52 bits per heavy atom. The number of hydrogen-bond donors (Lipinski definition) is 1. The van der Waals surface area contributed by atoms with Gasteiger partial charge in [-0.05, 0) is 70.9 Å². The molecule has 0 aliphatic rings. The maximum atomic E-state index is 14.1. The van der Waals surface area contributed by atoms with Crippen LogP contribution in [-0.2, 0) is 26.0 Å². The van der Waals surface area contributed by atoms with Crippen molar-refractivity contribution >= 4 is 27.5 Å². The smallest absolute Gasteiger partial charge is 0.264 e. The average Bonchev–Trinajstić information content (AvgIpc) is 2.95. The number of ether oxygens (including phenoxy) is 2. The molecule has 226 valence electrons. The van der Waals surface area contributed by atoms with Crippen molar-refractivity contribution in [3.8, 4) is 11.5 Å². The fourth-order valence-corrected chi connectivity index (χ4v) is 5.80. The summed E-state index contributed by atoms with van der Waals surface area (Å²) in [6.45, 7) is 8.78. The van der Waals surface area contributed by atoms with Gasteiger partial charge in [-0.3, -0.25) is 13.9 Å². The molecule has 0 radical (unpaired) electrons. The maximum Gasteiger partial charge on any atom is 0.264 e. The van der Waals surface area contributed by atoms with Gasteiger partial charge < -0.3 is 19.7 Å². The van der Waals surface area contributed by atoms with Gasteiger partial charge in [0.15, 0.2) is 11.5 Å². The van der Waals surface area contributed by atoms with Crippen LogP contribution in [0.4, 0.5) is 5.69 Å². The number of rotatable bonds is 12. The minimum Gasteiger partial charge on any atom is -0.493 e. The monoisotopic (exact) mass is 595 g/mol. The molecule has 42 heavy (non-hydrogen) atoms. The van der Waals surface area contributed by atoms with Crippen LogP contribution in [0.1, 0.15) is 38.8 Å². The molecule has 0 saturated carbocycles. The molecule has 3 rings (SSSR count). The van der Waals surface area contributed by atoms with Gasteiger partial charge in [0, 0.05) is 18.2 Å². The van der Waals surface area contributed by atoms with E-state index in [0.29, 0.717) is 17.9 Å². The molecular formula is C32H41N3O6S. The van der Waals surface area contributed by atoms with Crippen LogP contribution in [0.15, 0.2) is 77.7 Å². The van der Waals surface area contributed by atoms with Crippen molar-refractivity contribution in [3.05, 3.63) is 83.9 Å². The minimum atomic E-state index is -4.20. The topological polar surface area (TPSA) is 105 Å². The van der Waals surface area contributed by atoms with E-state index in [0.717, 1.165) is 15.4 Å². The van der Waals surface area contributed by atoms with Crippen molar-refractivity contribution in [1.82, 2.24) is 10.2 Å². The predicted octanol–water partition coefficient (Wildman–Crippen LogP) is 4.58. The number of nitrogens with zero attached hydrogens (tertiary/aromatic N) is 2. The van der Waals surface area contributed by atoms with E-state index in [1.807, 2.05) is 58.0 Å². The van der Waals surface area contributed by atoms with Gasteiger partial charge in [-0.2, -0.15) is 0 Å². The largest absolute Gasteiger partial charge is 0.493 e. The summed E-state index contributed by atoms with van der Waals surface area (Å²) in [4.78, 5) is 28.7. The number of amides is 2. The van der Waals surface area contributed by atoms with Gasteiger partial charge in [-0.15, -0.1) is 0 Å². The van der Waals surface area contributed by atoms with Crippen molar-refractivity contribution in [2.75, 3.05) is 31.6 Å². The highest BCUT2D eigenvalue weighted by atomic mass is 32.2. The number of hydrogen-bond acceptors (Lipinski definition) is 6. The normalized spacial score (nSPS) is 12.3. The number of aryl methyl sites for hydroxylation is 1. The fraction of sp³-hybridized carbons (Fsp3) is 0.375. The first-order chi connectivity index (χ1) is 19.8. The lowest BCUT2D eigenvalue weighted by Gasteiger charge is -2.33. The molecule has 9 nitrogen and oxygen atoms in total. The first-order valence-electron chi connectivity index (χ1n) is 13.7. The van der Waals surface area contributed by atoms with Crippen molar-refractivity contribution in [2.45, 2.75) is 57.5 Å². The number of nitrogens with one attached hydrogen (secondary N) is 1. The lowest BCUT2D eigenvalue weighted by Crippen LogP contribution is -2.55. The van der Waals surface area contributed by atoms with Gasteiger partial charge in [-0.1, -0.05) is 48.0 Å². The first kappa shape index (κ1) is 32.5. The molecule has 0 aromatic heterocycles. The van der Waals surface area contributed by atoms with Crippen molar-refractivity contribution < 1.29 is 27.5 Å². The molecule has 1 N–H and O–H groups in total. The number of carbonyl (C=O) groups is 2. The molecular weight excluding hydrogens is 554 g/mol. The third-order valence-electron chi connectivity index (χ3n) is 6.69. The molecule has 0 fully saturated rings. The summed E-state index contributed by atoms with van der Waals surface area (Å²) in [6.07, 6.45) is 0.487. The Balaban J connectivity index is 2.05. The highest BCUT2D eigenvalue weighted by Crippen LogP contribution is 2.34. The summed E-state index contributed by atoms with van der Waals surface area (Å²) in [6, 6.07) is 19.8. The quantitative estimate of drug-likeness (QED) is 0.329. The minimum absolute atomic E-state index is 0.0324. The first-order valence-corrected chi connectivity index (χ1v) is 15.2. The molecule has 0 aliphatic carbocycles. The van der Waals surface area contributed by atoms with Gasteiger partial charge in [0.25, 0.3) is 10.0 Å². The molecule has 0 bridgehead atoms. The average molecular weight is 596 g/mol. The number of sulfonamides is 1. The summed E-state index contributed by atoms with van der Waals surface area (Å²) in [5.41, 5.74) is 1.59. The number of anilines is 1. The fourth-order valence-electron chi connectivity index (χ4n) is 4.39. The van der Waals surface area contributed by atoms with E-state index in [-0.39, 0.29) is 23.0 Å². The van der Waals surface area contributed by atoms with Gasteiger partial charge in [0.1, 0.15) is 12.6 Å². The van der Waals surface area contributed by atoms with E-state index >= 15 is 0 Å². The molecule has 3 aromatic rings. The SMILES string of the molecule is COc1ccc(N(CC(=O)N(CCc2ccccc2)[C@H](C)C(=O)NC(C)(C)C)S(=O)(=O)c2ccc(C)cc2)cc1OC. The van der Waals surface area contributed by atoms with Crippen molar-refractivity contribution in [1.29, 1.82) is 0 Å². The molecule has 0 aliphatic heterocycles. The molecule has 1 atom stereocenters. The molecule has 0 saturated heterocycles. The summed E-state index contributed by atoms with van der Waals surface area (Å²) in [5, 5.41) is 2.93. The predicted molar refractivity (Wildman–Crippen MR) is 164 cm³/mol. The summed E-state index contributed by atoms with van der Waals surface area (Å²) >= 11 is 0. The van der Waals surface area contributed by atoms with Crippen LogP contribution >= 0.6 is 0 Å². The van der Waals surface area contributed by atoms with Crippen LogP contribution in [0.25, 0.3) is 0 Å². The Kier molecular flexibility index (Phi) is 10.6. The second kappa shape index (κ2) is 13.7. The second-order valence-electron chi connectivity index (χ2n) is 11.1. The van der Waals surface area contributed by atoms with E-state index < -0.39 is 34.1 Å². The summed E-state index contributed by atoms with van der Waals surface area (Å²) in [5.74, 6) is -0.126. The van der Waals surface area contributed by atoms with Gasteiger partial charge >= 0.3 is 0 Å². The zero-order chi connectivity index (χ0) is 31.1. The Labute approximate surface area is 249 Å². The maximum absolute atomic E-state index is 14.1. The van der Waals surface area contributed by atoms with Crippen LogP contribution in [0, 0.1) is 6.92 Å². The summed E-state index contributed by atoms with van der Waals surface area (Å²) in [7, 11) is -1.26. The van der Waals surface area contributed by atoms with Crippen LogP contribution in [-0.4, -0.2) is 64.0 Å². The molecule has 2 amide bonds. The molecule has 0 unspecified atom stereocenters. The van der Waals surface area contributed by atoms with Gasteiger partial charge in [-0.25, -0.2) is 8.42 Å². The Morgan fingerprint density at radius 3 is 2.10 bits per heavy atom. The lowest BCUT2D eigenvalue weighted by molar-refractivity contribution is -0.139. The molecule has 0 heterocycles. The molecule has 3 aromatic carbocycles. The van der Waals surface area contributed by atoms with Crippen LogP contribution in [0.3, 0.4) is 0 Å². The Morgan fingerprint density at radius 1 is 0.905 bits per heavy atom. The standard InChI is InChI=1S/C32H41N3O6S/c1-23-13-16-27(17-14-23)42(38,39)35(26-15-18-28(40-6)29(21-26)41-7)22-30(36)34(20-19-25-11-9-8-10-12-25)24(2)31(37)33-32(3,4)5/h8-18,21,24H,19-20,22H2,1-7H3,(H,33,37)/t24-/m1/s1. The lowest BCUT2D eigenvalue weighted by atomic mass is 10.1. The van der Waals surface area contributed by atoms with Crippen molar-refractivity contribution in [2.24, 2.45) is 0 Å². The molecule has 10 heteroatoms. The number of methoxy groups -OCH3 is 2. The molecule has 0 spiro atoms. The zero-order valence-corrected chi connectivity index (χ0v) is 26.2. The summed E-state index contributed by atoms with van der Waals surface area (Å²) < 4.78 is 39.9. The van der Waals surface area contributed by atoms with Crippen LogP contribution in [0.5, 0.6) is 11.5 Å². The van der Waals surface area contributed by atoms with E-state index in [9.17, 15) is 18.0 Å². The highest BCUT2D eigenvalue weighted by molar-refractivity contribution is 7.92. The van der Waals surface area contributed by atoms with Crippen LogP contribution < -0.4 is 19.1 Å². The Bertz CT molecular complexity index is 1470. The Hall–Kier alpha value is -4.05. The third kappa shape index (κ3) is 8.25. The second-order valence-corrected chi connectivity index (χ2v) is 13.0. The van der Waals surface area contributed by atoms with E-state index in [1.54, 1.807) is 31.2 Å². The highest BCUT2D eigenvalue weighted by Gasteiger charge is 2.33. The number of carbonyl (C=O) groups excluding carboxylic acids is 2. The van der Waals surface area contributed by atoms with E-state index in [4.69, 9.17) is 9.47 Å². The van der Waals surface area contributed by atoms with E-state index in [1.165, 1.54) is 37.3 Å². The van der Waals surface area contributed by atoms with Crippen LogP contribution in [0.2, 0.25) is 0 Å². The third-order valence-corrected chi connectivity index (χ3v) is 8.48. The number of benzene rings is 3. The van der Waals surface area contributed by atoms with Gasteiger partial charge in [0.05, 0.1) is 24.8 Å². The zero-order valence-electron chi connectivity index (χ0n) is 25.4.